The van der Waals surface area contributed by atoms with Crippen molar-refractivity contribution in [1.82, 2.24) is 19.8 Å². The van der Waals surface area contributed by atoms with Crippen molar-refractivity contribution in [2.24, 2.45) is 5.92 Å². The Morgan fingerprint density at radius 2 is 2.14 bits per heavy atom. The molecule has 4 rings (SSSR count). The SMILES string of the molecule is C[C@H]1CC[C@H](c2ccc3c(c2)nc2n3CCN(C)C2)NC1. The highest BCUT2D eigenvalue weighted by Crippen LogP contribution is 2.29. The standard InChI is InChI=1S/C17H24N4/c1-12-3-5-14(18-10-12)13-4-6-16-15(9-13)19-17-11-20(2)7-8-21(16)17/h4,6,9,12,14,18H,3,5,7-8,10-11H2,1-2H3/t12-,14+/m0/s1. The van der Waals surface area contributed by atoms with E-state index in [2.05, 4.69) is 47.0 Å². The molecule has 2 aromatic rings. The van der Waals surface area contributed by atoms with Crippen LogP contribution in [0.3, 0.4) is 0 Å². The summed E-state index contributed by atoms with van der Waals surface area (Å²) >= 11 is 0. The Bertz CT molecular complexity index is 652. The number of hydrogen-bond donors (Lipinski definition) is 1. The van der Waals surface area contributed by atoms with Crippen molar-refractivity contribution < 1.29 is 0 Å². The van der Waals surface area contributed by atoms with E-state index in [1.54, 1.807) is 0 Å². The summed E-state index contributed by atoms with van der Waals surface area (Å²) in [6, 6.07) is 7.37. The number of nitrogens with one attached hydrogen (secondary N) is 1. The Hall–Kier alpha value is -1.39. The van der Waals surface area contributed by atoms with Gasteiger partial charge < -0.3 is 9.88 Å². The van der Waals surface area contributed by atoms with Crippen molar-refractivity contribution in [1.29, 1.82) is 0 Å². The largest absolute Gasteiger partial charge is 0.326 e. The molecular formula is C17H24N4. The lowest BCUT2D eigenvalue weighted by molar-refractivity contribution is 0.267. The van der Waals surface area contributed by atoms with Gasteiger partial charge in [-0.05, 0) is 50.0 Å². The van der Waals surface area contributed by atoms with Crippen LogP contribution in [-0.4, -0.2) is 34.6 Å². The second-order valence-corrected chi connectivity index (χ2v) is 6.81. The van der Waals surface area contributed by atoms with Crippen LogP contribution in [-0.2, 0) is 13.1 Å². The first-order chi connectivity index (χ1) is 10.2. The third-order valence-corrected chi connectivity index (χ3v) is 5.03. The molecule has 0 spiro atoms. The Balaban J connectivity index is 1.67. The molecule has 1 aromatic carbocycles. The molecule has 2 aliphatic rings. The number of fused-ring (bicyclic) bond motifs is 3. The molecule has 1 N–H and O–H groups in total. The number of aromatic nitrogens is 2. The Morgan fingerprint density at radius 3 is 2.95 bits per heavy atom. The van der Waals surface area contributed by atoms with Crippen molar-refractivity contribution in [3.8, 4) is 0 Å². The number of piperidine rings is 1. The van der Waals surface area contributed by atoms with E-state index in [0.717, 1.165) is 32.1 Å². The van der Waals surface area contributed by atoms with E-state index in [1.165, 1.54) is 35.3 Å². The molecule has 0 aliphatic carbocycles. The lowest BCUT2D eigenvalue weighted by Crippen LogP contribution is -2.31. The van der Waals surface area contributed by atoms with E-state index >= 15 is 0 Å². The monoisotopic (exact) mass is 284 g/mol. The highest BCUT2D eigenvalue weighted by molar-refractivity contribution is 5.77. The van der Waals surface area contributed by atoms with Gasteiger partial charge in [0.2, 0.25) is 0 Å². The van der Waals surface area contributed by atoms with Crippen molar-refractivity contribution in [3.63, 3.8) is 0 Å². The summed E-state index contributed by atoms with van der Waals surface area (Å²) in [5.41, 5.74) is 3.86. The maximum atomic E-state index is 4.87. The minimum absolute atomic E-state index is 0.506. The molecule has 2 aliphatic heterocycles. The molecule has 21 heavy (non-hydrogen) atoms. The van der Waals surface area contributed by atoms with E-state index in [1.807, 2.05) is 0 Å². The second kappa shape index (κ2) is 5.11. The van der Waals surface area contributed by atoms with Crippen molar-refractivity contribution in [2.45, 2.75) is 38.9 Å². The predicted molar refractivity (Wildman–Crippen MR) is 85.2 cm³/mol. The van der Waals surface area contributed by atoms with E-state index in [4.69, 9.17) is 4.98 Å². The molecule has 0 bridgehead atoms. The molecule has 0 radical (unpaired) electrons. The van der Waals surface area contributed by atoms with Crippen molar-refractivity contribution in [3.05, 3.63) is 29.6 Å². The zero-order valence-corrected chi connectivity index (χ0v) is 13.0. The average molecular weight is 284 g/mol. The molecule has 112 valence electrons. The Kier molecular flexibility index (Phi) is 3.23. The lowest BCUT2D eigenvalue weighted by atomic mass is 9.92. The van der Waals surface area contributed by atoms with Crippen LogP contribution in [0.25, 0.3) is 11.0 Å². The maximum absolute atomic E-state index is 4.87. The molecule has 4 heteroatoms. The summed E-state index contributed by atoms with van der Waals surface area (Å²) in [5.74, 6) is 2.02. The van der Waals surface area contributed by atoms with Gasteiger partial charge in [-0.25, -0.2) is 4.98 Å². The molecule has 0 unspecified atom stereocenters. The number of nitrogens with zero attached hydrogens (tertiary/aromatic N) is 3. The fourth-order valence-corrected chi connectivity index (χ4v) is 3.66. The number of likely N-dealkylation sites (N-methyl/N-ethyl adjacent to an activating group) is 1. The maximum Gasteiger partial charge on any atom is 0.124 e. The zero-order valence-electron chi connectivity index (χ0n) is 13.0. The fraction of sp³-hybridized carbons (Fsp3) is 0.588. The third kappa shape index (κ3) is 2.36. The molecule has 1 saturated heterocycles. The van der Waals surface area contributed by atoms with E-state index in [-0.39, 0.29) is 0 Å². The van der Waals surface area contributed by atoms with Crippen LogP contribution < -0.4 is 5.32 Å². The van der Waals surface area contributed by atoms with Crippen LogP contribution in [0.5, 0.6) is 0 Å². The highest BCUT2D eigenvalue weighted by atomic mass is 15.2. The van der Waals surface area contributed by atoms with Gasteiger partial charge in [0.25, 0.3) is 0 Å². The van der Waals surface area contributed by atoms with Crippen molar-refractivity contribution >= 4 is 11.0 Å². The second-order valence-electron chi connectivity index (χ2n) is 6.81. The first kappa shape index (κ1) is 13.3. The summed E-state index contributed by atoms with van der Waals surface area (Å²) in [6.07, 6.45) is 2.56. The van der Waals surface area contributed by atoms with E-state index in [9.17, 15) is 0 Å². The molecule has 1 aromatic heterocycles. The smallest absolute Gasteiger partial charge is 0.124 e. The molecule has 0 amide bonds. The van der Waals surface area contributed by atoms with Crippen LogP contribution in [0.2, 0.25) is 0 Å². The summed E-state index contributed by atoms with van der Waals surface area (Å²) in [6.45, 7) is 6.59. The van der Waals surface area contributed by atoms with Crippen LogP contribution in [0, 0.1) is 5.92 Å². The summed E-state index contributed by atoms with van der Waals surface area (Å²) in [4.78, 5) is 7.21. The molecule has 4 nitrogen and oxygen atoms in total. The number of benzene rings is 1. The van der Waals surface area contributed by atoms with Gasteiger partial charge in [-0.1, -0.05) is 13.0 Å². The van der Waals surface area contributed by atoms with Crippen LogP contribution in [0.4, 0.5) is 0 Å². The quantitative estimate of drug-likeness (QED) is 0.873. The van der Waals surface area contributed by atoms with Gasteiger partial charge in [0.1, 0.15) is 5.82 Å². The van der Waals surface area contributed by atoms with Gasteiger partial charge in [-0.3, -0.25) is 4.90 Å². The van der Waals surface area contributed by atoms with Crippen LogP contribution in [0.1, 0.15) is 37.2 Å². The fourth-order valence-electron chi connectivity index (χ4n) is 3.66. The summed E-state index contributed by atoms with van der Waals surface area (Å²) < 4.78 is 2.38. The van der Waals surface area contributed by atoms with Gasteiger partial charge in [-0.2, -0.15) is 0 Å². The molecule has 3 heterocycles. The van der Waals surface area contributed by atoms with Crippen LogP contribution >= 0.6 is 0 Å². The zero-order chi connectivity index (χ0) is 14.4. The topological polar surface area (TPSA) is 33.1 Å². The van der Waals surface area contributed by atoms with E-state index in [0.29, 0.717) is 6.04 Å². The van der Waals surface area contributed by atoms with Gasteiger partial charge in [0.05, 0.1) is 17.6 Å². The molecule has 1 fully saturated rings. The van der Waals surface area contributed by atoms with Gasteiger partial charge in [0, 0.05) is 19.1 Å². The first-order valence-corrected chi connectivity index (χ1v) is 8.11. The molecular weight excluding hydrogens is 260 g/mol. The predicted octanol–water partition coefficient (Wildman–Crippen LogP) is 2.54. The Morgan fingerprint density at radius 1 is 1.24 bits per heavy atom. The number of rotatable bonds is 1. The number of hydrogen-bond acceptors (Lipinski definition) is 3. The van der Waals surface area contributed by atoms with E-state index < -0.39 is 0 Å². The number of imidazole rings is 1. The summed E-state index contributed by atoms with van der Waals surface area (Å²) in [5, 5.41) is 3.68. The minimum atomic E-state index is 0.506. The molecule has 2 atom stereocenters. The highest BCUT2D eigenvalue weighted by Gasteiger charge is 2.21. The van der Waals surface area contributed by atoms with Gasteiger partial charge in [0.15, 0.2) is 0 Å². The van der Waals surface area contributed by atoms with Gasteiger partial charge in [-0.15, -0.1) is 0 Å². The van der Waals surface area contributed by atoms with Crippen molar-refractivity contribution in [2.75, 3.05) is 20.1 Å². The lowest BCUT2D eigenvalue weighted by Gasteiger charge is -2.28. The Labute approximate surface area is 126 Å². The first-order valence-electron chi connectivity index (χ1n) is 8.11. The summed E-state index contributed by atoms with van der Waals surface area (Å²) in [7, 11) is 2.17. The minimum Gasteiger partial charge on any atom is -0.326 e. The third-order valence-electron chi connectivity index (χ3n) is 5.03. The van der Waals surface area contributed by atoms with Crippen LogP contribution in [0.15, 0.2) is 18.2 Å². The average Bonchev–Trinajstić information content (AvgIpc) is 2.84. The molecule has 0 saturated carbocycles. The van der Waals surface area contributed by atoms with Gasteiger partial charge >= 0.3 is 0 Å². The normalized spacial score (nSPS) is 27.0.